The third kappa shape index (κ3) is 3.89. The Morgan fingerprint density at radius 2 is 0.976 bits per heavy atom. The molecule has 204 valence electrons. The highest BCUT2D eigenvalue weighted by atomic mass is 19.2. The van der Waals surface area contributed by atoms with Crippen molar-refractivity contribution in [2.45, 2.75) is 12.8 Å². The standard InChI is InChI=1S/C28H6F8N6/c1-39-28(40-2)10-5-14-15(6-10)17(19-22(31)26(35)42-27(36)23(19)32)13-4-9(11(7-37)8-38)3-12(13)16(14)18-20(29)24(33)41-25(34)21(18)30/h3,6H,4-5H2. The molecule has 2 aliphatic rings. The van der Waals surface area contributed by atoms with E-state index < -0.39 is 104 Å². The number of fused-ring (bicyclic) bond motifs is 2. The van der Waals surface area contributed by atoms with E-state index in [1.54, 1.807) is 12.1 Å². The molecule has 0 fully saturated rings. The molecule has 0 radical (unpaired) electrons. The fourth-order valence-electron chi connectivity index (χ4n) is 5.04. The Bertz CT molecular complexity index is 1930. The summed E-state index contributed by atoms with van der Waals surface area (Å²) in [6.45, 7) is 14.5. The molecule has 42 heavy (non-hydrogen) atoms. The van der Waals surface area contributed by atoms with Crippen LogP contribution in [0.25, 0.3) is 44.1 Å². The number of nitriles is 2. The number of aromatic nitrogens is 2. The Morgan fingerprint density at radius 1 is 0.619 bits per heavy atom. The third-order valence-corrected chi connectivity index (χ3v) is 6.70. The minimum Gasteiger partial charge on any atom is -0.201 e. The molecule has 6 nitrogen and oxygen atoms in total. The highest BCUT2D eigenvalue weighted by molar-refractivity contribution is 5.87. The summed E-state index contributed by atoms with van der Waals surface area (Å²) in [6.07, 6.45) is 0.874. The van der Waals surface area contributed by atoms with Gasteiger partial charge in [0, 0.05) is 6.42 Å². The molecule has 0 N–H and O–H groups in total. The zero-order valence-corrected chi connectivity index (χ0v) is 20.3. The Balaban J connectivity index is 2.13. The van der Waals surface area contributed by atoms with Gasteiger partial charge in [-0.05, 0) is 50.8 Å². The van der Waals surface area contributed by atoms with Gasteiger partial charge in [0.05, 0.1) is 16.7 Å². The lowest BCUT2D eigenvalue weighted by Crippen LogP contribution is -2.25. The zero-order valence-electron chi connectivity index (χ0n) is 20.3. The second-order valence-corrected chi connectivity index (χ2v) is 8.77. The van der Waals surface area contributed by atoms with Crippen LogP contribution in [0, 0.1) is 82.9 Å². The monoisotopic (exact) mass is 578 g/mol. The van der Waals surface area contributed by atoms with Gasteiger partial charge in [0.25, 0.3) is 23.8 Å². The van der Waals surface area contributed by atoms with Gasteiger partial charge in [-0.1, -0.05) is 6.08 Å². The molecule has 0 amide bonds. The van der Waals surface area contributed by atoms with E-state index in [0.717, 1.165) is 12.2 Å². The SMILES string of the molecule is [C-]#[N+]C([N+]#[C-])=C1C=c2c(c(-c3c(F)c(F)nc(F)c3F)c3c(c2-c2c(F)c(F)nc(F)c2F)CC(=C(C#N)C#N)C=3)C1. The van der Waals surface area contributed by atoms with E-state index in [0.29, 0.717) is 0 Å². The maximum Gasteiger partial charge on any atom is 0.522 e. The van der Waals surface area contributed by atoms with Crippen LogP contribution in [-0.2, 0) is 12.8 Å². The lowest BCUT2D eigenvalue weighted by Gasteiger charge is -2.18. The Labute approximate surface area is 229 Å². The number of benzene rings is 1. The number of rotatable bonds is 2. The van der Waals surface area contributed by atoms with Crippen LogP contribution < -0.4 is 10.4 Å². The summed E-state index contributed by atoms with van der Waals surface area (Å²) in [7, 11) is 0. The molecule has 0 saturated carbocycles. The molecule has 0 saturated heterocycles. The van der Waals surface area contributed by atoms with Crippen molar-refractivity contribution in [3.63, 3.8) is 0 Å². The first kappa shape index (κ1) is 27.7. The van der Waals surface area contributed by atoms with Crippen LogP contribution >= 0.6 is 0 Å². The molecule has 0 unspecified atom stereocenters. The third-order valence-electron chi connectivity index (χ3n) is 6.70. The minimum atomic E-state index is -2.06. The first-order valence-electron chi connectivity index (χ1n) is 11.3. The largest absolute Gasteiger partial charge is 0.522 e. The number of hydrogen-bond acceptors (Lipinski definition) is 4. The maximum atomic E-state index is 15.2. The summed E-state index contributed by atoms with van der Waals surface area (Å²) < 4.78 is 118. The van der Waals surface area contributed by atoms with Gasteiger partial charge < -0.3 is 0 Å². The summed E-state index contributed by atoms with van der Waals surface area (Å²) in [5.74, 6) is -16.8. The van der Waals surface area contributed by atoms with Crippen molar-refractivity contribution >= 4 is 12.2 Å². The fraction of sp³-hybridized carbons (Fsp3) is 0.0714. The average molecular weight is 578 g/mol. The molecule has 1 aromatic carbocycles. The lowest BCUT2D eigenvalue weighted by molar-refractivity contribution is 0.410. The minimum absolute atomic E-state index is 0.154. The van der Waals surface area contributed by atoms with Crippen molar-refractivity contribution in [2.24, 2.45) is 0 Å². The molecule has 0 bridgehead atoms. The van der Waals surface area contributed by atoms with Gasteiger partial charge in [-0.2, -0.15) is 47.7 Å². The summed E-state index contributed by atoms with van der Waals surface area (Å²) in [5, 5.41) is 18.0. The summed E-state index contributed by atoms with van der Waals surface area (Å²) in [5.41, 5.74) is -5.46. The highest BCUT2D eigenvalue weighted by Gasteiger charge is 2.35. The van der Waals surface area contributed by atoms with Gasteiger partial charge in [-0.3, -0.25) is 0 Å². The van der Waals surface area contributed by atoms with E-state index in [-0.39, 0.29) is 22.3 Å². The molecule has 3 aromatic rings. The number of hydrogen-bond donors (Lipinski definition) is 0. The van der Waals surface area contributed by atoms with Crippen LogP contribution in [0.2, 0.25) is 0 Å². The molecule has 0 aliphatic heterocycles. The summed E-state index contributed by atoms with van der Waals surface area (Å²) in [6, 6.07) is 3.15. The predicted octanol–water partition coefficient (Wildman–Crippen LogP) is 4.99. The second kappa shape index (κ2) is 9.96. The van der Waals surface area contributed by atoms with Crippen LogP contribution in [-0.4, -0.2) is 9.97 Å². The molecule has 2 heterocycles. The van der Waals surface area contributed by atoms with E-state index in [4.69, 9.17) is 13.1 Å². The van der Waals surface area contributed by atoms with E-state index >= 15 is 17.6 Å². The molecular formula is C28H6F8N6. The Morgan fingerprint density at radius 3 is 1.33 bits per heavy atom. The molecule has 2 aliphatic carbocycles. The average Bonchev–Trinajstić information content (AvgIpc) is 3.58. The Kier molecular flexibility index (Phi) is 6.57. The van der Waals surface area contributed by atoms with Gasteiger partial charge in [0.2, 0.25) is 0 Å². The molecule has 0 atom stereocenters. The summed E-state index contributed by atoms with van der Waals surface area (Å²) in [4.78, 5) is 11.1. The van der Waals surface area contributed by atoms with Crippen LogP contribution in [0.3, 0.4) is 0 Å². The van der Waals surface area contributed by atoms with Crippen LogP contribution in [0.4, 0.5) is 35.1 Å². The number of allylic oxidation sites excluding steroid dienone is 3. The van der Waals surface area contributed by atoms with Gasteiger partial charge >= 0.3 is 5.82 Å². The van der Waals surface area contributed by atoms with Gasteiger partial charge in [-0.15, -0.1) is 0 Å². The molecule has 5 rings (SSSR count). The van der Waals surface area contributed by atoms with Crippen molar-refractivity contribution in [3.05, 3.63) is 114 Å². The topological polar surface area (TPSA) is 82.1 Å². The van der Waals surface area contributed by atoms with E-state index in [2.05, 4.69) is 19.7 Å². The lowest BCUT2D eigenvalue weighted by atomic mass is 9.87. The predicted molar refractivity (Wildman–Crippen MR) is 127 cm³/mol. The second-order valence-electron chi connectivity index (χ2n) is 8.77. The van der Waals surface area contributed by atoms with E-state index in [9.17, 15) is 28.1 Å². The van der Waals surface area contributed by atoms with Gasteiger partial charge in [0.15, 0.2) is 23.3 Å². The Hall–Kier alpha value is -5.86. The van der Waals surface area contributed by atoms with E-state index in [1.165, 1.54) is 0 Å². The smallest absolute Gasteiger partial charge is 0.201 e. The molecular weight excluding hydrogens is 572 g/mol. The normalized spacial score (nSPS) is 12.8. The first-order valence-corrected chi connectivity index (χ1v) is 11.3. The van der Waals surface area contributed by atoms with Crippen LogP contribution in [0.1, 0.15) is 11.1 Å². The van der Waals surface area contributed by atoms with Crippen LogP contribution in [0.15, 0.2) is 22.5 Å². The molecule has 0 spiro atoms. The van der Waals surface area contributed by atoms with Crippen LogP contribution in [0.5, 0.6) is 0 Å². The molecule has 14 heteroatoms. The number of halogens is 8. The van der Waals surface area contributed by atoms with Crippen molar-refractivity contribution in [1.82, 2.24) is 9.97 Å². The van der Waals surface area contributed by atoms with E-state index in [1.807, 2.05) is 0 Å². The first-order chi connectivity index (χ1) is 20.0. The van der Waals surface area contributed by atoms with Crippen molar-refractivity contribution in [3.8, 4) is 34.4 Å². The number of nitrogens with zero attached hydrogens (tertiary/aromatic N) is 6. The van der Waals surface area contributed by atoms with Crippen molar-refractivity contribution < 1.29 is 35.1 Å². The fourth-order valence-corrected chi connectivity index (χ4v) is 5.04. The number of pyridine rings is 2. The summed E-state index contributed by atoms with van der Waals surface area (Å²) >= 11 is 0. The van der Waals surface area contributed by atoms with Gasteiger partial charge in [0.1, 0.15) is 30.9 Å². The quantitative estimate of drug-likeness (QED) is 0.186. The van der Waals surface area contributed by atoms with Crippen molar-refractivity contribution in [1.29, 1.82) is 10.5 Å². The zero-order chi connectivity index (χ0) is 30.6. The van der Waals surface area contributed by atoms with Gasteiger partial charge in [-0.25, -0.2) is 17.6 Å². The highest BCUT2D eigenvalue weighted by Crippen LogP contribution is 2.39. The maximum absolute atomic E-state index is 15.2. The van der Waals surface area contributed by atoms with Crippen molar-refractivity contribution in [2.75, 3.05) is 0 Å². The molecule has 2 aromatic heterocycles.